The van der Waals surface area contributed by atoms with Crippen molar-refractivity contribution in [1.82, 2.24) is 15.6 Å². The Hall–Kier alpha value is -1.97. The average Bonchev–Trinajstić information content (AvgIpc) is 3.12. The lowest BCUT2D eigenvalue weighted by Gasteiger charge is -2.38. The topological polar surface area (TPSA) is 80.9 Å². The highest BCUT2D eigenvalue weighted by molar-refractivity contribution is 14.0. The summed E-state index contributed by atoms with van der Waals surface area (Å²) in [6.45, 7) is 7.95. The van der Waals surface area contributed by atoms with E-state index in [9.17, 15) is 0 Å². The van der Waals surface area contributed by atoms with Crippen LogP contribution in [0.25, 0.3) is 0 Å². The molecule has 32 heavy (non-hydrogen) atoms. The standard InChI is InChI=1S/C24H36N4O3.HI/c1-6-25-23(26-15-22-28-17(2)18(3)31-22)27-16-24(12-8-7-9-13-24)19-10-11-20(29-4)21(14-19)30-5;/h10-11,14H,6-9,12-13,15-16H2,1-5H3,(H2,25,26,27);1H. The van der Waals surface area contributed by atoms with Crippen LogP contribution in [0, 0.1) is 13.8 Å². The minimum Gasteiger partial charge on any atom is -0.493 e. The van der Waals surface area contributed by atoms with Crippen molar-refractivity contribution >= 4 is 29.9 Å². The van der Waals surface area contributed by atoms with Crippen LogP contribution in [-0.4, -0.2) is 38.3 Å². The molecule has 7 nitrogen and oxygen atoms in total. The molecule has 8 heteroatoms. The number of rotatable bonds is 8. The normalized spacial score (nSPS) is 15.6. The number of nitrogens with zero attached hydrogens (tertiary/aromatic N) is 2. The number of guanidine groups is 1. The van der Waals surface area contributed by atoms with Crippen LogP contribution in [0.3, 0.4) is 0 Å². The first-order chi connectivity index (χ1) is 15.0. The molecule has 1 aliphatic carbocycles. The van der Waals surface area contributed by atoms with Crippen molar-refractivity contribution in [3.05, 3.63) is 41.1 Å². The fraction of sp³-hybridized carbons (Fsp3) is 0.583. The third-order valence-corrected chi connectivity index (χ3v) is 6.19. The number of aromatic nitrogens is 1. The summed E-state index contributed by atoms with van der Waals surface area (Å²) in [6, 6.07) is 6.32. The Kier molecular flexibility index (Phi) is 10.1. The number of nitrogens with one attached hydrogen (secondary N) is 2. The Morgan fingerprint density at radius 2 is 1.81 bits per heavy atom. The zero-order valence-corrected chi connectivity index (χ0v) is 22.2. The number of oxazole rings is 1. The Morgan fingerprint density at radius 1 is 1.09 bits per heavy atom. The van der Waals surface area contributed by atoms with Gasteiger partial charge in [0.15, 0.2) is 17.5 Å². The van der Waals surface area contributed by atoms with Gasteiger partial charge in [0.1, 0.15) is 12.3 Å². The lowest BCUT2D eigenvalue weighted by molar-refractivity contribution is 0.288. The number of methoxy groups -OCH3 is 2. The SMILES string of the molecule is CCNC(=NCc1nc(C)c(C)o1)NCC1(c2ccc(OC)c(OC)c2)CCCCC1.I. The smallest absolute Gasteiger partial charge is 0.216 e. The van der Waals surface area contributed by atoms with Crippen LogP contribution in [0.2, 0.25) is 0 Å². The van der Waals surface area contributed by atoms with E-state index in [1.54, 1.807) is 14.2 Å². The van der Waals surface area contributed by atoms with Crippen LogP contribution in [-0.2, 0) is 12.0 Å². The minimum atomic E-state index is 0. The number of halogens is 1. The van der Waals surface area contributed by atoms with Crippen molar-refractivity contribution in [3.63, 3.8) is 0 Å². The molecule has 0 unspecified atom stereocenters. The third-order valence-electron chi connectivity index (χ3n) is 6.19. The molecule has 1 heterocycles. The first-order valence-corrected chi connectivity index (χ1v) is 11.2. The Morgan fingerprint density at radius 3 is 2.41 bits per heavy atom. The molecule has 1 aromatic carbocycles. The van der Waals surface area contributed by atoms with Crippen LogP contribution >= 0.6 is 24.0 Å². The highest BCUT2D eigenvalue weighted by atomic mass is 127. The van der Waals surface area contributed by atoms with Gasteiger partial charge in [-0.15, -0.1) is 24.0 Å². The molecule has 1 saturated carbocycles. The summed E-state index contributed by atoms with van der Waals surface area (Å²) in [6.07, 6.45) is 5.99. The maximum absolute atomic E-state index is 5.67. The summed E-state index contributed by atoms with van der Waals surface area (Å²) < 4.78 is 16.7. The number of hydrogen-bond acceptors (Lipinski definition) is 5. The Labute approximate surface area is 208 Å². The predicted molar refractivity (Wildman–Crippen MR) is 139 cm³/mol. The van der Waals surface area contributed by atoms with Gasteiger partial charge in [0.25, 0.3) is 0 Å². The number of benzene rings is 1. The number of aryl methyl sites for hydroxylation is 2. The second-order valence-electron chi connectivity index (χ2n) is 8.21. The highest BCUT2D eigenvalue weighted by Gasteiger charge is 2.34. The molecule has 0 spiro atoms. The zero-order valence-electron chi connectivity index (χ0n) is 19.9. The minimum absolute atomic E-state index is 0. The maximum atomic E-state index is 5.67. The summed E-state index contributed by atoms with van der Waals surface area (Å²) in [5.74, 6) is 3.80. The summed E-state index contributed by atoms with van der Waals surface area (Å²) >= 11 is 0. The second-order valence-corrected chi connectivity index (χ2v) is 8.21. The molecular weight excluding hydrogens is 519 g/mol. The van der Waals surface area contributed by atoms with Crippen LogP contribution in [0.15, 0.2) is 27.6 Å². The van der Waals surface area contributed by atoms with Gasteiger partial charge in [-0.2, -0.15) is 0 Å². The van der Waals surface area contributed by atoms with Gasteiger partial charge >= 0.3 is 0 Å². The highest BCUT2D eigenvalue weighted by Crippen LogP contribution is 2.42. The van der Waals surface area contributed by atoms with Gasteiger partial charge in [-0.25, -0.2) is 9.98 Å². The molecule has 2 N–H and O–H groups in total. The number of aliphatic imine (C=N–C) groups is 1. The molecule has 0 amide bonds. The molecule has 0 bridgehead atoms. The van der Waals surface area contributed by atoms with Crippen molar-refractivity contribution in [1.29, 1.82) is 0 Å². The van der Waals surface area contributed by atoms with E-state index in [1.807, 2.05) is 19.9 Å². The van der Waals surface area contributed by atoms with Gasteiger partial charge in [0, 0.05) is 18.5 Å². The predicted octanol–water partition coefficient (Wildman–Crippen LogP) is 4.88. The van der Waals surface area contributed by atoms with E-state index in [1.165, 1.54) is 24.8 Å². The van der Waals surface area contributed by atoms with E-state index >= 15 is 0 Å². The first kappa shape index (κ1) is 26.3. The summed E-state index contributed by atoms with van der Waals surface area (Å²) in [7, 11) is 3.36. The summed E-state index contributed by atoms with van der Waals surface area (Å²) in [5, 5.41) is 6.93. The third kappa shape index (κ3) is 6.30. The monoisotopic (exact) mass is 556 g/mol. The lowest BCUT2D eigenvalue weighted by atomic mass is 9.69. The van der Waals surface area contributed by atoms with Gasteiger partial charge in [0.05, 0.1) is 19.9 Å². The zero-order chi connectivity index (χ0) is 22.3. The average molecular weight is 556 g/mol. The molecule has 1 fully saturated rings. The van der Waals surface area contributed by atoms with Crippen molar-refractivity contribution in [2.75, 3.05) is 27.3 Å². The van der Waals surface area contributed by atoms with Gasteiger partial charge < -0.3 is 24.5 Å². The van der Waals surface area contributed by atoms with Gasteiger partial charge in [-0.05, 0) is 51.3 Å². The molecule has 178 valence electrons. The van der Waals surface area contributed by atoms with E-state index < -0.39 is 0 Å². The van der Waals surface area contributed by atoms with Crippen LogP contribution in [0.5, 0.6) is 11.5 Å². The van der Waals surface area contributed by atoms with E-state index in [-0.39, 0.29) is 29.4 Å². The molecule has 1 aliphatic rings. The van der Waals surface area contributed by atoms with Gasteiger partial charge in [0.2, 0.25) is 5.89 Å². The van der Waals surface area contributed by atoms with Crippen molar-refractivity contribution in [3.8, 4) is 11.5 Å². The van der Waals surface area contributed by atoms with Gasteiger partial charge in [-0.1, -0.05) is 25.3 Å². The molecule has 0 saturated heterocycles. The van der Waals surface area contributed by atoms with E-state index in [0.717, 1.165) is 54.8 Å². The first-order valence-electron chi connectivity index (χ1n) is 11.2. The molecule has 3 rings (SSSR count). The Bertz CT molecular complexity index is 872. The van der Waals surface area contributed by atoms with Crippen molar-refractivity contribution < 1.29 is 13.9 Å². The largest absolute Gasteiger partial charge is 0.493 e. The maximum Gasteiger partial charge on any atom is 0.216 e. The van der Waals surface area contributed by atoms with E-state index in [0.29, 0.717) is 12.4 Å². The van der Waals surface area contributed by atoms with E-state index in [2.05, 4.69) is 34.7 Å². The Balaban J connectivity index is 0.00000363. The molecule has 1 aromatic heterocycles. The van der Waals surface area contributed by atoms with Crippen LogP contribution in [0.4, 0.5) is 0 Å². The van der Waals surface area contributed by atoms with Crippen molar-refractivity contribution in [2.24, 2.45) is 4.99 Å². The molecule has 0 radical (unpaired) electrons. The van der Waals surface area contributed by atoms with Gasteiger partial charge in [-0.3, -0.25) is 0 Å². The second kappa shape index (κ2) is 12.3. The summed E-state index contributed by atoms with van der Waals surface area (Å²) in [5.41, 5.74) is 2.23. The molecule has 0 aliphatic heterocycles. The molecule has 0 atom stereocenters. The number of hydrogen-bond donors (Lipinski definition) is 2. The fourth-order valence-corrected chi connectivity index (χ4v) is 4.31. The quantitative estimate of drug-likeness (QED) is 0.274. The molecule has 2 aromatic rings. The number of ether oxygens (including phenoxy) is 2. The van der Waals surface area contributed by atoms with Crippen molar-refractivity contribution in [2.45, 2.75) is 64.8 Å². The van der Waals surface area contributed by atoms with Crippen LogP contribution < -0.4 is 20.1 Å². The van der Waals surface area contributed by atoms with E-state index in [4.69, 9.17) is 18.9 Å². The lowest BCUT2D eigenvalue weighted by Crippen LogP contribution is -2.46. The van der Waals surface area contributed by atoms with Crippen LogP contribution in [0.1, 0.15) is 61.9 Å². The summed E-state index contributed by atoms with van der Waals surface area (Å²) in [4.78, 5) is 9.14. The molecular formula is C24H37IN4O3. The fourth-order valence-electron chi connectivity index (χ4n) is 4.31.